The number of ether oxygens (including phenoxy) is 2. The molecule has 0 radical (unpaired) electrons. The second kappa shape index (κ2) is 13.5. The first-order valence-electron chi connectivity index (χ1n) is 12.5. The van der Waals surface area contributed by atoms with Gasteiger partial charge in [-0.1, -0.05) is 0 Å². The normalized spacial score (nSPS) is 12.1. The third-order valence-electron chi connectivity index (χ3n) is 6.37. The molecular weight excluding hydrogens is 632 g/mol. The van der Waals surface area contributed by atoms with E-state index in [4.69, 9.17) is 36.4 Å². The summed E-state index contributed by atoms with van der Waals surface area (Å²) in [7, 11) is -3.01. The zero-order chi connectivity index (χ0) is 32.2. The second-order valence-electron chi connectivity index (χ2n) is 9.11. The highest BCUT2D eigenvalue weighted by atomic mass is 31.2. The summed E-state index contributed by atoms with van der Waals surface area (Å²) in [5.41, 5.74) is -0.585. The number of benzene rings is 2. The summed E-state index contributed by atoms with van der Waals surface area (Å²) in [6, 6.07) is 7.15. The molecule has 44 heavy (non-hydrogen) atoms. The molecule has 0 bridgehead atoms. The van der Waals surface area contributed by atoms with E-state index in [1.54, 1.807) is 0 Å². The number of carbonyl (C=O) groups excluding carboxylic acids is 3. The lowest BCUT2D eigenvalue weighted by Crippen LogP contribution is -2.10. The summed E-state index contributed by atoms with van der Waals surface area (Å²) in [6.07, 6.45) is -2.47. The predicted octanol–water partition coefficient (Wildman–Crippen LogP) is 6.65. The quantitative estimate of drug-likeness (QED) is 0.0803. The summed E-state index contributed by atoms with van der Waals surface area (Å²) in [5, 5.41) is 0.622. The first kappa shape index (κ1) is 33.2. The molecule has 0 atom stereocenters. The van der Waals surface area contributed by atoms with Crippen molar-refractivity contribution in [3.63, 3.8) is 0 Å². The average Bonchev–Trinajstić information content (AvgIpc) is 3.60. The average molecular weight is 658 g/mol. The topological polar surface area (TPSA) is 167 Å². The van der Waals surface area contributed by atoms with Crippen LogP contribution in [0.4, 0.5) is 13.6 Å². The van der Waals surface area contributed by atoms with Gasteiger partial charge in [-0.2, -0.15) is 0 Å². The Morgan fingerprint density at radius 3 is 1.34 bits per heavy atom. The lowest BCUT2D eigenvalue weighted by Gasteiger charge is -2.12. The summed E-state index contributed by atoms with van der Waals surface area (Å²) in [5.74, 6) is -3.26. The minimum Gasteiger partial charge on any atom is -0.457 e. The van der Waals surface area contributed by atoms with E-state index < -0.39 is 70.1 Å². The van der Waals surface area contributed by atoms with Gasteiger partial charge in [-0.05, 0) is 24.3 Å². The van der Waals surface area contributed by atoms with Crippen molar-refractivity contribution in [3.8, 4) is 0 Å². The smallest absolute Gasteiger partial charge is 0.457 e. The predicted molar refractivity (Wildman–Crippen MR) is 149 cm³/mol. The Kier molecular flexibility index (Phi) is 10.2. The molecule has 0 aliphatic heterocycles. The Morgan fingerprint density at radius 2 is 1.00 bits per heavy atom. The van der Waals surface area contributed by atoms with Crippen molar-refractivity contribution in [2.75, 3.05) is 40.8 Å². The molecule has 13 nitrogen and oxygen atoms in total. The number of Topliss-reactive ketones (excluding diaryl/α,β-unsaturated/α-hetero) is 2. The molecule has 17 heteroatoms. The van der Waals surface area contributed by atoms with E-state index in [1.165, 1.54) is 24.3 Å². The van der Waals surface area contributed by atoms with Gasteiger partial charge >= 0.3 is 21.3 Å². The maximum Gasteiger partial charge on any atom is 0.509 e. The summed E-state index contributed by atoms with van der Waals surface area (Å²) >= 11 is 0. The zero-order valence-electron chi connectivity index (χ0n) is 23.8. The molecule has 0 aliphatic rings. The molecule has 0 N–H and O–H groups in total. The highest BCUT2D eigenvalue weighted by Crippen LogP contribution is 2.47. The van der Waals surface area contributed by atoms with Crippen molar-refractivity contribution in [1.82, 2.24) is 0 Å². The van der Waals surface area contributed by atoms with Crippen LogP contribution in [0.25, 0.3) is 21.9 Å². The van der Waals surface area contributed by atoms with Gasteiger partial charge in [-0.15, -0.1) is 0 Å². The fourth-order valence-electron chi connectivity index (χ4n) is 4.03. The number of furan rings is 2. The van der Waals surface area contributed by atoms with Crippen LogP contribution in [0.3, 0.4) is 0 Å². The van der Waals surface area contributed by atoms with E-state index in [9.17, 15) is 32.3 Å². The number of ketones is 2. The monoisotopic (exact) mass is 658 g/mol. The van der Waals surface area contributed by atoms with E-state index in [1.807, 2.05) is 0 Å². The number of fused-ring (bicyclic) bond motifs is 2. The van der Waals surface area contributed by atoms with Crippen molar-refractivity contribution in [2.45, 2.75) is 13.2 Å². The standard InChI is InChI=1S/C27H26F2O13P2/c1-35-43(33,36-2)13-23(30)19-7-15-5-17(41-25(15)9-21(19)28)11-39-27(32)40-12-18-6-16-8-20(22(29)10-26(16)42-18)24(31)14-44(34,37-3)38-4/h5-10H,11-14H2,1-4H3. The molecule has 4 rings (SSSR count). The molecule has 2 heterocycles. The van der Waals surface area contributed by atoms with Crippen LogP contribution in [0.2, 0.25) is 0 Å². The molecule has 0 spiro atoms. The Bertz CT molecular complexity index is 1680. The van der Waals surface area contributed by atoms with E-state index in [0.717, 1.165) is 40.6 Å². The van der Waals surface area contributed by atoms with Gasteiger partial charge in [-0.3, -0.25) is 18.7 Å². The molecule has 0 saturated carbocycles. The number of hydrogen-bond acceptors (Lipinski definition) is 13. The van der Waals surface area contributed by atoms with Crippen LogP contribution in [0, 0.1) is 11.6 Å². The van der Waals surface area contributed by atoms with Crippen LogP contribution in [0.15, 0.2) is 45.2 Å². The highest BCUT2D eigenvalue weighted by Gasteiger charge is 2.29. The van der Waals surface area contributed by atoms with Gasteiger partial charge in [0, 0.05) is 51.3 Å². The molecule has 2 aromatic heterocycles. The first-order valence-corrected chi connectivity index (χ1v) is 16.0. The van der Waals surface area contributed by atoms with Crippen LogP contribution in [-0.4, -0.2) is 58.5 Å². The summed E-state index contributed by atoms with van der Waals surface area (Å²) in [4.78, 5) is 37.2. The van der Waals surface area contributed by atoms with E-state index >= 15 is 0 Å². The Morgan fingerprint density at radius 1 is 0.636 bits per heavy atom. The van der Waals surface area contributed by atoms with E-state index in [2.05, 4.69) is 0 Å². The minimum absolute atomic E-state index is 0.0623. The highest BCUT2D eigenvalue weighted by molar-refractivity contribution is 7.55. The summed E-state index contributed by atoms with van der Waals surface area (Å²) in [6.45, 7) is -0.824. The van der Waals surface area contributed by atoms with Gasteiger partial charge in [-0.25, -0.2) is 13.6 Å². The molecule has 0 amide bonds. The maximum absolute atomic E-state index is 14.6. The molecule has 2 aromatic carbocycles. The van der Waals surface area contributed by atoms with Gasteiger partial charge in [0.25, 0.3) is 0 Å². The Labute approximate surface area is 248 Å². The lowest BCUT2D eigenvalue weighted by atomic mass is 10.1. The Balaban J connectivity index is 1.37. The van der Waals surface area contributed by atoms with Crippen LogP contribution >= 0.6 is 15.2 Å². The summed E-state index contributed by atoms with van der Waals surface area (Å²) < 4.78 is 93.5. The van der Waals surface area contributed by atoms with Gasteiger partial charge < -0.3 is 36.4 Å². The molecule has 0 saturated heterocycles. The van der Waals surface area contributed by atoms with Crippen molar-refractivity contribution in [1.29, 1.82) is 0 Å². The van der Waals surface area contributed by atoms with Crippen LogP contribution in [-0.2, 0) is 49.9 Å². The van der Waals surface area contributed by atoms with E-state index in [0.29, 0.717) is 10.8 Å². The molecule has 236 valence electrons. The number of halogens is 2. The largest absolute Gasteiger partial charge is 0.509 e. The molecule has 4 aromatic rings. The van der Waals surface area contributed by atoms with Crippen LogP contribution in [0.1, 0.15) is 32.2 Å². The lowest BCUT2D eigenvalue weighted by molar-refractivity contribution is 0.0368. The molecular formula is C27H26F2O13P2. The third kappa shape index (κ3) is 7.49. The molecule has 0 aliphatic carbocycles. The second-order valence-corrected chi connectivity index (χ2v) is 13.6. The van der Waals surface area contributed by atoms with Gasteiger partial charge in [0.1, 0.15) is 46.6 Å². The minimum atomic E-state index is -3.72. The van der Waals surface area contributed by atoms with Gasteiger partial charge in [0.15, 0.2) is 24.8 Å². The zero-order valence-corrected chi connectivity index (χ0v) is 25.5. The number of rotatable bonds is 14. The molecule has 0 unspecified atom stereocenters. The number of hydrogen-bond donors (Lipinski definition) is 0. The van der Waals surface area contributed by atoms with E-state index in [-0.39, 0.29) is 33.8 Å². The maximum atomic E-state index is 14.6. The molecule has 0 fully saturated rings. The van der Waals surface area contributed by atoms with Gasteiger partial charge in [0.05, 0.1) is 11.1 Å². The number of carbonyl (C=O) groups is 3. The fraction of sp³-hybridized carbons (Fsp3) is 0.296. The SMILES string of the molecule is COP(=O)(CC(=O)c1cc2cc(COC(=O)OCc3cc4cc(C(=O)CP(=O)(OC)OC)c(F)cc4o3)oc2cc1F)OC. The Hall–Kier alpha value is -3.71. The first-order chi connectivity index (χ1) is 20.8. The fourth-order valence-corrected chi connectivity index (χ4v) is 5.89. The van der Waals surface area contributed by atoms with Crippen molar-refractivity contribution in [3.05, 3.63) is 70.7 Å². The van der Waals surface area contributed by atoms with Crippen LogP contribution < -0.4 is 0 Å². The van der Waals surface area contributed by atoms with Crippen molar-refractivity contribution in [2.24, 2.45) is 0 Å². The van der Waals surface area contributed by atoms with Gasteiger partial charge in [0.2, 0.25) is 0 Å². The van der Waals surface area contributed by atoms with Crippen molar-refractivity contribution >= 4 is 54.9 Å². The van der Waals surface area contributed by atoms with Crippen molar-refractivity contribution < 1.29 is 68.7 Å². The third-order valence-corrected chi connectivity index (χ3v) is 9.94. The van der Waals surface area contributed by atoms with Crippen LogP contribution in [0.5, 0.6) is 0 Å².